The molecule has 2 atom stereocenters. The third kappa shape index (κ3) is 3.00. The van der Waals surface area contributed by atoms with E-state index in [1.807, 2.05) is 6.07 Å². The quantitative estimate of drug-likeness (QED) is 0.909. The van der Waals surface area contributed by atoms with Gasteiger partial charge in [0.05, 0.1) is 6.10 Å². The van der Waals surface area contributed by atoms with E-state index in [-0.39, 0.29) is 12.1 Å². The number of halogens is 2. The highest BCUT2D eigenvalue weighted by Gasteiger charge is 2.26. The maximum absolute atomic E-state index is 13.9. The molecule has 0 aliphatic rings. The Bertz CT molecular complexity index is 530. The summed E-state index contributed by atoms with van der Waals surface area (Å²) < 4.78 is 14.4. The van der Waals surface area contributed by atoms with Crippen molar-refractivity contribution in [2.24, 2.45) is 5.73 Å². The second kappa shape index (κ2) is 6.23. The number of aliphatic hydroxyl groups excluding tert-OH is 1. The number of benzene rings is 1. The molecule has 0 amide bonds. The van der Waals surface area contributed by atoms with Gasteiger partial charge in [0.1, 0.15) is 5.82 Å². The van der Waals surface area contributed by atoms with Crippen LogP contribution in [0.1, 0.15) is 23.3 Å². The Labute approximate surface area is 119 Å². The van der Waals surface area contributed by atoms with Crippen molar-refractivity contribution in [1.29, 1.82) is 0 Å². The van der Waals surface area contributed by atoms with E-state index >= 15 is 0 Å². The highest BCUT2D eigenvalue weighted by atomic mass is 79.9. The summed E-state index contributed by atoms with van der Waals surface area (Å²) in [4.78, 5) is 4.18. The van der Waals surface area contributed by atoms with Crippen molar-refractivity contribution in [3.63, 3.8) is 0 Å². The summed E-state index contributed by atoms with van der Waals surface area (Å²) in [7, 11) is 0. The van der Waals surface area contributed by atoms with Crippen molar-refractivity contribution in [2.45, 2.75) is 12.0 Å². The van der Waals surface area contributed by atoms with Crippen LogP contribution in [0.4, 0.5) is 4.39 Å². The van der Waals surface area contributed by atoms with Crippen molar-refractivity contribution in [3.05, 3.63) is 64.1 Å². The molecular formula is C14H14BrFN2O. The normalized spacial score (nSPS) is 14.1. The van der Waals surface area contributed by atoms with Gasteiger partial charge in [-0.1, -0.05) is 28.1 Å². The Hall–Kier alpha value is -1.30. The molecule has 0 saturated heterocycles. The van der Waals surface area contributed by atoms with Crippen molar-refractivity contribution in [3.8, 4) is 0 Å². The lowest BCUT2D eigenvalue weighted by molar-refractivity contribution is 0.140. The van der Waals surface area contributed by atoms with Crippen molar-refractivity contribution >= 4 is 15.9 Å². The number of hydrogen-bond donors (Lipinski definition) is 2. The van der Waals surface area contributed by atoms with Crippen LogP contribution in [0.15, 0.2) is 47.1 Å². The molecule has 0 spiro atoms. The van der Waals surface area contributed by atoms with Gasteiger partial charge in [-0.2, -0.15) is 0 Å². The Morgan fingerprint density at radius 3 is 2.63 bits per heavy atom. The molecule has 1 aromatic carbocycles. The first-order valence-electron chi connectivity index (χ1n) is 5.88. The van der Waals surface area contributed by atoms with E-state index in [4.69, 9.17) is 5.73 Å². The Balaban J connectivity index is 2.39. The smallest absolute Gasteiger partial charge is 0.130 e. The number of nitrogens with zero attached hydrogens (tertiary/aromatic N) is 1. The number of pyridine rings is 1. The van der Waals surface area contributed by atoms with Crippen LogP contribution >= 0.6 is 15.9 Å². The number of rotatable bonds is 4. The van der Waals surface area contributed by atoms with Gasteiger partial charge in [0.25, 0.3) is 0 Å². The van der Waals surface area contributed by atoms with E-state index < -0.39 is 17.8 Å². The highest BCUT2D eigenvalue weighted by Crippen LogP contribution is 2.34. The standard InChI is InChI=1S/C14H14BrFN2O/c15-10-4-3-5-11(16)13(10)14(19)9(8-17)12-6-1-2-7-18-12/h1-7,9,14,19H,8,17H2. The molecule has 2 rings (SSSR count). The summed E-state index contributed by atoms with van der Waals surface area (Å²) in [5.74, 6) is -0.911. The molecular weight excluding hydrogens is 311 g/mol. The van der Waals surface area contributed by atoms with Crippen LogP contribution in [0, 0.1) is 5.82 Å². The molecule has 100 valence electrons. The summed E-state index contributed by atoms with van der Waals surface area (Å²) >= 11 is 3.26. The fourth-order valence-electron chi connectivity index (χ4n) is 2.00. The molecule has 0 aliphatic heterocycles. The summed E-state index contributed by atoms with van der Waals surface area (Å²) in [6.07, 6.45) is 0.580. The third-order valence-electron chi connectivity index (χ3n) is 3.00. The van der Waals surface area contributed by atoms with Crippen LogP contribution in [-0.2, 0) is 0 Å². The molecule has 1 heterocycles. The van der Waals surface area contributed by atoms with Crippen LogP contribution < -0.4 is 5.73 Å². The van der Waals surface area contributed by atoms with Gasteiger partial charge in [-0.25, -0.2) is 4.39 Å². The molecule has 0 bridgehead atoms. The maximum atomic E-state index is 13.9. The van der Waals surface area contributed by atoms with Gasteiger partial charge in [-0.3, -0.25) is 4.98 Å². The zero-order valence-electron chi connectivity index (χ0n) is 10.1. The van der Waals surface area contributed by atoms with Gasteiger partial charge in [-0.15, -0.1) is 0 Å². The lowest BCUT2D eigenvalue weighted by atomic mass is 9.92. The van der Waals surface area contributed by atoms with Crippen LogP contribution in [0.2, 0.25) is 0 Å². The van der Waals surface area contributed by atoms with Crippen LogP contribution in [0.5, 0.6) is 0 Å². The Kier molecular flexibility index (Phi) is 4.63. The first kappa shape index (κ1) is 14.1. The van der Waals surface area contributed by atoms with E-state index in [9.17, 15) is 9.50 Å². The summed E-state index contributed by atoms with van der Waals surface area (Å²) in [5, 5.41) is 10.4. The first-order chi connectivity index (χ1) is 9.15. The minimum atomic E-state index is -1.05. The van der Waals surface area contributed by atoms with Gasteiger partial charge in [0, 0.05) is 34.4 Å². The van der Waals surface area contributed by atoms with E-state index in [1.54, 1.807) is 30.5 Å². The average molecular weight is 325 g/mol. The predicted molar refractivity (Wildman–Crippen MR) is 75.1 cm³/mol. The minimum absolute atomic E-state index is 0.180. The predicted octanol–water partition coefficient (Wildman–Crippen LogP) is 2.76. The lowest BCUT2D eigenvalue weighted by Gasteiger charge is -2.22. The molecule has 2 aromatic rings. The SMILES string of the molecule is NCC(c1ccccn1)C(O)c1c(F)cccc1Br. The lowest BCUT2D eigenvalue weighted by Crippen LogP contribution is -2.22. The zero-order chi connectivity index (χ0) is 13.8. The number of nitrogens with two attached hydrogens (primary N) is 1. The van der Waals surface area contributed by atoms with E-state index in [0.29, 0.717) is 10.2 Å². The summed E-state index contributed by atoms with van der Waals surface area (Å²) in [6.45, 7) is 0.180. The fraction of sp³-hybridized carbons (Fsp3) is 0.214. The molecule has 1 aromatic heterocycles. The topological polar surface area (TPSA) is 59.1 Å². The summed E-state index contributed by atoms with van der Waals surface area (Å²) in [6, 6.07) is 9.95. The van der Waals surface area contributed by atoms with Gasteiger partial charge in [-0.05, 0) is 24.3 Å². The van der Waals surface area contributed by atoms with E-state index in [1.165, 1.54) is 6.07 Å². The summed E-state index contributed by atoms with van der Waals surface area (Å²) in [5.41, 5.74) is 6.56. The van der Waals surface area contributed by atoms with Gasteiger partial charge in [0.2, 0.25) is 0 Å². The van der Waals surface area contributed by atoms with Crippen molar-refractivity contribution in [1.82, 2.24) is 4.98 Å². The Morgan fingerprint density at radius 2 is 2.05 bits per heavy atom. The number of aliphatic hydroxyl groups is 1. The fourth-order valence-corrected chi connectivity index (χ4v) is 2.58. The molecule has 3 N–H and O–H groups in total. The third-order valence-corrected chi connectivity index (χ3v) is 3.69. The van der Waals surface area contributed by atoms with Gasteiger partial charge < -0.3 is 10.8 Å². The van der Waals surface area contributed by atoms with Crippen LogP contribution in [-0.4, -0.2) is 16.6 Å². The largest absolute Gasteiger partial charge is 0.388 e. The molecule has 3 nitrogen and oxygen atoms in total. The number of hydrogen-bond acceptors (Lipinski definition) is 3. The monoisotopic (exact) mass is 324 g/mol. The molecule has 19 heavy (non-hydrogen) atoms. The second-order valence-electron chi connectivity index (χ2n) is 4.18. The number of aromatic nitrogens is 1. The zero-order valence-corrected chi connectivity index (χ0v) is 11.7. The molecule has 0 saturated carbocycles. The Morgan fingerprint density at radius 1 is 1.26 bits per heavy atom. The molecule has 2 unspecified atom stereocenters. The first-order valence-corrected chi connectivity index (χ1v) is 6.67. The maximum Gasteiger partial charge on any atom is 0.130 e. The highest BCUT2D eigenvalue weighted by molar-refractivity contribution is 9.10. The average Bonchev–Trinajstić information content (AvgIpc) is 2.40. The second-order valence-corrected chi connectivity index (χ2v) is 5.03. The van der Waals surface area contributed by atoms with Crippen molar-refractivity contribution in [2.75, 3.05) is 6.54 Å². The minimum Gasteiger partial charge on any atom is -0.388 e. The molecule has 0 radical (unpaired) electrons. The van der Waals surface area contributed by atoms with Crippen LogP contribution in [0.25, 0.3) is 0 Å². The van der Waals surface area contributed by atoms with E-state index in [0.717, 1.165) is 0 Å². The molecule has 0 aliphatic carbocycles. The van der Waals surface area contributed by atoms with Gasteiger partial charge in [0.15, 0.2) is 0 Å². The van der Waals surface area contributed by atoms with Gasteiger partial charge >= 0.3 is 0 Å². The van der Waals surface area contributed by atoms with Crippen molar-refractivity contribution < 1.29 is 9.50 Å². The van der Waals surface area contributed by atoms with E-state index in [2.05, 4.69) is 20.9 Å². The van der Waals surface area contributed by atoms with Crippen LogP contribution in [0.3, 0.4) is 0 Å². The molecule has 0 fully saturated rings. The molecule has 5 heteroatoms.